The topological polar surface area (TPSA) is 75.1 Å². The van der Waals surface area contributed by atoms with Crippen LogP contribution in [0.4, 0.5) is 0 Å². The molecule has 1 aromatic rings. The van der Waals surface area contributed by atoms with Crippen molar-refractivity contribution in [2.45, 2.75) is 19.4 Å². The summed E-state index contributed by atoms with van der Waals surface area (Å²) in [6.45, 7) is 3.30. The van der Waals surface area contributed by atoms with Crippen LogP contribution in [0.1, 0.15) is 12.5 Å². The number of benzene rings is 1. The van der Waals surface area contributed by atoms with Crippen LogP contribution in [0.3, 0.4) is 0 Å². The molecule has 21 heavy (non-hydrogen) atoms. The number of rotatable bonds is 7. The lowest BCUT2D eigenvalue weighted by Gasteiger charge is -2.17. The summed E-state index contributed by atoms with van der Waals surface area (Å²) < 4.78 is 10.1. The van der Waals surface area contributed by atoms with Crippen LogP contribution in [0, 0.1) is 0 Å². The molecule has 0 aliphatic heterocycles. The Morgan fingerprint density at radius 3 is 2.71 bits per heavy atom. The Morgan fingerprint density at radius 2 is 2.14 bits per heavy atom. The Balaban J connectivity index is 2.44. The summed E-state index contributed by atoms with van der Waals surface area (Å²) in [6.07, 6.45) is 0.690. The quantitative estimate of drug-likeness (QED) is 0.519. The lowest BCUT2D eigenvalue weighted by Crippen LogP contribution is -2.44. The summed E-state index contributed by atoms with van der Waals surface area (Å²) >= 11 is 0. The first kappa shape index (κ1) is 17.1. The summed E-state index contributed by atoms with van der Waals surface area (Å²) in [5.74, 6) is 1.61. The molecule has 0 heterocycles. The van der Waals surface area contributed by atoms with Crippen LogP contribution in [-0.2, 0) is 11.2 Å². The van der Waals surface area contributed by atoms with Gasteiger partial charge in [-0.25, -0.2) is 0 Å². The monoisotopic (exact) mass is 295 g/mol. The van der Waals surface area contributed by atoms with E-state index < -0.39 is 0 Å². The minimum absolute atomic E-state index is 0.176. The maximum atomic E-state index is 9.89. The Bertz CT molecular complexity index is 463. The van der Waals surface area contributed by atoms with Crippen LogP contribution >= 0.6 is 0 Å². The first-order valence-corrected chi connectivity index (χ1v) is 6.92. The number of phenolic OH excluding ortho intramolecular Hbond substituents is 1. The Kier molecular flexibility index (Phi) is 7.39. The Labute approximate surface area is 126 Å². The standard InChI is InChI=1S/C15H25N3O3/c1-11(10-20-3)18-15(16-2)17-8-7-12-5-6-13(21-4)9-14(12)19/h5-6,9,11,19H,7-8,10H2,1-4H3,(H2,16,17,18). The van der Waals surface area contributed by atoms with Gasteiger partial charge in [-0.3, -0.25) is 4.99 Å². The van der Waals surface area contributed by atoms with Crippen molar-refractivity contribution in [2.24, 2.45) is 4.99 Å². The first-order valence-electron chi connectivity index (χ1n) is 6.92. The van der Waals surface area contributed by atoms with Crippen LogP contribution in [0.15, 0.2) is 23.2 Å². The lowest BCUT2D eigenvalue weighted by atomic mass is 10.1. The maximum Gasteiger partial charge on any atom is 0.191 e. The molecule has 0 aromatic heterocycles. The van der Waals surface area contributed by atoms with Crippen molar-refractivity contribution in [1.82, 2.24) is 10.6 Å². The molecule has 0 spiro atoms. The lowest BCUT2D eigenvalue weighted by molar-refractivity contribution is 0.179. The van der Waals surface area contributed by atoms with Crippen molar-refractivity contribution in [3.05, 3.63) is 23.8 Å². The normalized spacial score (nSPS) is 12.9. The SMILES string of the molecule is CN=C(NCCc1ccc(OC)cc1O)NC(C)COC. The van der Waals surface area contributed by atoms with Crippen molar-refractivity contribution in [2.75, 3.05) is 34.4 Å². The number of hydrogen-bond donors (Lipinski definition) is 3. The number of phenols is 1. The molecule has 0 aliphatic carbocycles. The molecule has 1 atom stereocenters. The van der Waals surface area contributed by atoms with Crippen LogP contribution in [0.25, 0.3) is 0 Å². The van der Waals surface area contributed by atoms with Crippen molar-refractivity contribution in [3.8, 4) is 11.5 Å². The fourth-order valence-corrected chi connectivity index (χ4v) is 1.92. The molecule has 0 bridgehead atoms. The number of nitrogens with one attached hydrogen (secondary N) is 2. The highest BCUT2D eigenvalue weighted by molar-refractivity contribution is 5.79. The van der Waals surface area contributed by atoms with Crippen LogP contribution < -0.4 is 15.4 Å². The summed E-state index contributed by atoms with van der Waals surface area (Å²) in [4.78, 5) is 4.15. The molecular weight excluding hydrogens is 270 g/mol. The summed E-state index contributed by atoms with van der Waals surface area (Å²) in [6, 6.07) is 5.49. The molecule has 3 N–H and O–H groups in total. The fourth-order valence-electron chi connectivity index (χ4n) is 1.92. The van der Waals surface area contributed by atoms with Gasteiger partial charge in [0.15, 0.2) is 5.96 Å². The summed E-state index contributed by atoms with van der Waals surface area (Å²) in [7, 11) is 4.97. The van der Waals surface area contributed by atoms with E-state index in [1.807, 2.05) is 19.1 Å². The molecule has 0 radical (unpaired) electrons. The zero-order chi connectivity index (χ0) is 15.7. The van der Waals surface area contributed by atoms with E-state index in [9.17, 15) is 5.11 Å². The highest BCUT2D eigenvalue weighted by atomic mass is 16.5. The third kappa shape index (κ3) is 5.91. The highest BCUT2D eigenvalue weighted by Gasteiger charge is 2.06. The second-order valence-electron chi connectivity index (χ2n) is 4.74. The molecule has 1 aromatic carbocycles. The van der Waals surface area contributed by atoms with Crippen LogP contribution in [-0.4, -0.2) is 51.5 Å². The zero-order valence-electron chi connectivity index (χ0n) is 13.1. The fraction of sp³-hybridized carbons (Fsp3) is 0.533. The Morgan fingerprint density at radius 1 is 1.38 bits per heavy atom. The summed E-state index contributed by atoms with van der Waals surface area (Å²) in [5, 5.41) is 16.3. The third-order valence-electron chi connectivity index (χ3n) is 3.00. The zero-order valence-corrected chi connectivity index (χ0v) is 13.1. The van der Waals surface area contributed by atoms with E-state index in [1.165, 1.54) is 0 Å². The van der Waals surface area contributed by atoms with E-state index >= 15 is 0 Å². The molecule has 0 amide bonds. The van der Waals surface area contributed by atoms with Gasteiger partial charge in [-0.15, -0.1) is 0 Å². The molecule has 0 saturated heterocycles. The minimum Gasteiger partial charge on any atom is -0.508 e. The van der Waals surface area contributed by atoms with Crippen molar-refractivity contribution >= 4 is 5.96 Å². The Hall–Kier alpha value is -1.95. The number of guanidine groups is 1. The first-order chi connectivity index (χ1) is 10.1. The largest absolute Gasteiger partial charge is 0.508 e. The summed E-state index contributed by atoms with van der Waals surface area (Å²) in [5.41, 5.74) is 0.865. The smallest absolute Gasteiger partial charge is 0.191 e. The molecule has 6 nitrogen and oxygen atoms in total. The molecule has 0 fully saturated rings. The number of hydrogen-bond acceptors (Lipinski definition) is 4. The number of nitrogens with zero attached hydrogens (tertiary/aromatic N) is 1. The van der Waals surface area contributed by atoms with Gasteiger partial charge >= 0.3 is 0 Å². The van der Waals surface area contributed by atoms with Gasteiger partial charge in [0.1, 0.15) is 11.5 Å². The van der Waals surface area contributed by atoms with Gasteiger partial charge in [-0.2, -0.15) is 0 Å². The number of aliphatic imine (C=N–C) groups is 1. The van der Waals surface area contributed by atoms with Gasteiger partial charge < -0.3 is 25.2 Å². The molecule has 0 saturated carbocycles. The van der Waals surface area contributed by atoms with Crippen molar-refractivity contribution in [3.63, 3.8) is 0 Å². The molecular formula is C15H25N3O3. The van der Waals surface area contributed by atoms with E-state index in [-0.39, 0.29) is 11.8 Å². The molecule has 1 unspecified atom stereocenters. The minimum atomic E-state index is 0.176. The van der Waals surface area contributed by atoms with Gasteiger partial charge in [0, 0.05) is 32.8 Å². The number of methoxy groups -OCH3 is 2. The molecule has 1 rings (SSSR count). The second kappa shape index (κ2) is 9.07. The van der Waals surface area contributed by atoms with E-state index in [1.54, 1.807) is 27.3 Å². The van der Waals surface area contributed by atoms with Gasteiger partial charge in [0.25, 0.3) is 0 Å². The third-order valence-corrected chi connectivity index (χ3v) is 3.00. The number of aromatic hydroxyl groups is 1. The van der Waals surface area contributed by atoms with E-state index in [2.05, 4.69) is 15.6 Å². The van der Waals surface area contributed by atoms with Crippen molar-refractivity contribution < 1.29 is 14.6 Å². The molecule has 6 heteroatoms. The van der Waals surface area contributed by atoms with Gasteiger partial charge in [-0.1, -0.05) is 6.07 Å². The van der Waals surface area contributed by atoms with Gasteiger partial charge in [0.05, 0.1) is 13.7 Å². The average Bonchev–Trinajstić information content (AvgIpc) is 2.47. The van der Waals surface area contributed by atoms with E-state index in [4.69, 9.17) is 9.47 Å². The predicted molar refractivity (Wildman–Crippen MR) is 84.2 cm³/mol. The van der Waals surface area contributed by atoms with Gasteiger partial charge in [-0.05, 0) is 25.0 Å². The van der Waals surface area contributed by atoms with Crippen LogP contribution in [0.5, 0.6) is 11.5 Å². The molecule has 118 valence electrons. The predicted octanol–water partition coefficient (Wildman–Crippen LogP) is 1.14. The maximum absolute atomic E-state index is 9.89. The average molecular weight is 295 g/mol. The van der Waals surface area contributed by atoms with Crippen LogP contribution in [0.2, 0.25) is 0 Å². The molecule has 0 aliphatic rings. The van der Waals surface area contributed by atoms with Gasteiger partial charge in [0.2, 0.25) is 0 Å². The van der Waals surface area contributed by atoms with Crippen molar-refractivity contribution in [1.29, 1.82) is 0 Å². The highest BCUT2D eigenvalue weighted by Crippen LogP contribution is 2.23. The van der Waals surface area contributed by atoms with E-state index in [0.29, 0.717) is 31.3 Å². The number of ether oxygens (including phenoxy) is 2. The van der Waals surface area contributed by atoms with E-state index in [0.717, 1.165) is 5.56 Å². The second-order valence-corrected chi connectivity index (χ2v) is 4.74.